The van der Waals surface area contributed by atoms with E-state index in [0.717, 1.165) is 25.7 Å². The van der Waals surface area contributed by atoms with Gasteiger partial charge in [-0.1, -0.05) is 39.3 Å². The molecule has 0 aliphatic rings. The molecule has 0 heterocycles. The highest BCUT2D eigenvalue weighted by Crippen LogP contribution is 2.18. The minimum absolute atomic E-state index is 0.00692. The van der Waals surface area contributed by atoms with E-state index in [1.807, 2.05) is 19.9 Å². The van der Waals surface area contributed by atoms with Gasteiger partial charge in [0, 0.05) is 12.5 Å². The van der Waals surface area contributed by atoms with Gasteiger partial charge in [0.05, 0.1) is 12.7 Å². The van der Waals surface area contributed by atoms with Crippen molar-refractivity contribution in [2.24, 2.45) is 17.8 Å². The molecule has 0 fully saturated rings. The second kappa shape index (κ2) is 10.5. The Morgan fingerprint density at radius 1 is 1.17 bits per heavy atom. The zero-order valence-electron chi connectivity index (χ0n) is 12.0. The van der Waals surface area contributed by atoms with Crippen LogP contribution in [-0.4, -0.2) is 34.6 Å². The molecule has 0 unspecified atom stereocenters. The van der Waals surface area contributed by atoms with Crippen LogP contribution in [0.4, 0.5) is 0 Å². The van der Waals surface area contributed by atoms with E-state index >= 15 is 0 Å². The first-order valence-electron chi connectivity index (χ1n) is 7.13. The fourth-order valence-electron chi connectivity index (χ4n) is 1.99. The molecule has 0 aliphatic carbocycles. The van der Waals surface area contributed by atoms with E-state index in [1.54, 1.807) is 0 Å². The van der Waals surface area contributed by atoms with Crippen molar-refractivity contribution in [3.63, 3.8) is 0 Å². The molecule has 0 aromatic heterocycles. The van der Waals surface area contributed by atoms with Crippen molar-refractivity contribution in [2.75, 3.05) is 13.2 Å². The Kier molecular flexibility index (Phi) is 10.3. The Morgan fingerprint density at radius 3 is 2.33 bits per heavy atom. The van der Waals surface area contributed by atoms with Crippen LogP contribution in [0.2, 0.25) is 0 Å². The average Bonchev–Trinajstić information content (AvgIpc) is 2.39. The first-order chi connectivity index (χ1) is 8.56. The Hall–Kier alpha value is -0.380. The fourth-order valence-corrected chi connectivity index (χ4v) is 1.99. The molecule has 18 heavy (non-hydrogen) atoms. The standard InChI is InChI=1S/C15H30O3/c1-4-13(3)15(18)14(11-17)9-5-7-12(2)8-6-10-16/h5,9,12-18H,4,6-8,10-11H2,1-3H3/b9-5+/t12-,13-,14+,15+/m0/s1. The monoisotopic (exact) mass is 258 g/mol. The Morgan fingerprint density at radius 2 is 1.83 bits per heavy atom. The van der Waals surface area contributed by atoms with Crippen LogP contribution in [0.15, 0.2) is 12.2 Å². The van der Waals surface area contributed by atoms with Crippen LogP contribution in [0.1, 0.15) is 46.5 Å². The van der Waals surface area contributed by atoms with E-state index in [0.29, 0.717) is 5.92 Å². The van der Waals surface area contributed by atoms with Crippen LogP contribution in [0.5, 0.6) is 0 Å². The molecular formula is C15H30O3. The third-order valence-electron chi connectivity index (χ3n) is 3.65. The molecule has 0 amide bonds. The highest BCUT2D eigenvalue weighted by molar-refractivity contribution is 4.93. The van der Waals surface area contributed by atoms with E-state index in [2.05, 4.69) is 13.0 Å². The number of rotatable bonds is 10. The zero-order valence-corrected chi connectivity index (χ0v) is 12.0. The van der Waals surface area contributed by atoms with Gasteiger partial charge in [-0.3, -0.25) is 0 Å². The minimum atomic E-state index is -0.469. The topological polar surface area (TPSA) is 60.7 Å². The minimum Gasteiger partial charge on any atom is -0.396 e. The Balaban J connectivity index is 4.11. The molecule has 3 heteroatoms. The molecule has 0 saturated heterocycles. The molecule has 0 aliphatic heterocycles. The number of aliphatic hydroxyl groups is 3. The number of aliphatic hydroxyl groups excluding tert-OH is 3. The predicted molar refractivity (Wildman–Crippen MR) is 75.3 cm³/mol. The molecule has 3 nitrogen and oxygen atoms in total. The van der Waals surface area contributed by atoms with Gasteiger partial charge in [0.25, 0.3) is 0 Å². The van der Waals surface area contributed by atoms with E-state index in [4.69, 9.17) is 5.11 Å². The van der Waals surface area contributed by atoms with E-state index in [-0.39, 0.29) is 25.0 Å². The molecule has 108 valence electrons. The summed E-state index contributed by atoms with van der Waals surface area (Å²) in [5.41, 5.74) is 0. The van der Waals surface area contributed by atoms with Gasteiger partial charge < -0.3 is 15.3 Å². The quantitative estimate of drug-likeness (QED) is 0.527. The van der Waals surface area contributed by atoms with E-state index < -0.39 is 6.10 Å². The summed E-state index contributed by atoms with van der Waals surface area (Å²) in [4.78, 5) is 0. The summed E-state index contributed by atoms with van der Waals surface area (Å²) in [6, 6.07) is 0. The van der Waals surface area contributed by atoms with Crippen molar-refractivity contribution in [1.82, 2.24) is 0 Å². The van der Waals surface area contributed by atoms with Crippen molar-refractivity contribution in [3.8, 4) is 0 Å². The van der Waals surface area contributed by atoms with Gasteiger partial charge in [-0.2, -0.15) is 0 Å². The molecule has 0 aromatic carbocycles. The number of hydrogen-bond donors (Lipinski definition) is 3. The third-order valence-corrected chi connectivity index (χ3v) is 3.65. The number of hydrogen-bond acceptors (Lipinski definition) is 3. The summed E-state index contributed by atoms with van der Waals surface area (Å²) in [5.74, 6) is 0.581. The molecule has 3 N–H and O–H groups in total. The second-order valence-corrected chi connectivity index (χ2v) is 5.36. The molecule has 0 bridgehead atoms. The van der Waals surface area contributed by atoms with Gasteiger partial charge in [0.2, 0.25) is 0 Å². The smallest absolute Gasteiger partial charge is 0.0650 e. The van der Waals surface area contributed by atoms with Crippen LogP contribution in [0, 0.1) is 17.8 Å². The number of allylic oxidation sites excluding steroid dienone is 1. The average molecular weight is 258 g/mol. The molecule has 4 atom stereocenters. The van der Waals surface area contributed by atoms with Crippen LogP contribution in [0.25, 0.3) is 0 Å². The van der Waals surface area contributed by atoms with Gasteiger partial charge in [0.15, 0.2) is 0 Å². The second-order valence-electron chi connectivity index (χ2n) is 5.36. The van der Waals surface area contributed by atoms with Crippen LogP contribution in [0.3, 0.4) is 0 Å². The maximum Gasteiger partial charge on any atom is 0.0650 e. The summed E-state index contributed by atoms with van der Waals surface area (Å²) < 4.78 is 0. The van der Waals surface area contributed by atoms with Gasteiger partial charge in [-0.15, -0.1) is 0 Å². The summed E-state index contributed by atoms with van der Waals surface area (Å²) in [6.07, 6.45) is 7.22. The molecule has 0 spiro atoms. The largest absolute Gasteiger partial charge is 0.396 e. The van der Waals surface area contributed by atoms with E-state index in [1.165, 1.54) is 0 Å². The molecular weight excluding hydrogens is 228 g/mol. The maximum absolute atomic E-state index is 10.0. The van der Waals surface area contributed by atoms with Crippen LogP contribution in [-0.2, 0) is 0 Å². The van der Waals surface area contributed by atoms with E-state index in [9.17, 15) is 10.2 Å². The van der Waals surface area contributed by atoms with Crippen molar-refractivity contribution in [3.05, 3.63) is 12.2 Å². The maximum atomic E-state index is 10.0. The SMILES string of the molecule is CC[C@H](C)[C@@H](O)[C@H](/C=C/C[C@H](C)CCCO)CO. The molecule has 0 rings (SSSR count). The van der Waals surface area contributed by atoms with Gasteiger partial charge >= 0.3 is 0 Å². The lowest BCUT2D eigenvalue weighted by Gasteiger charge is -2.23. The van der Waals surface area contributed by atoms with Gasteiger partial charge in [-0.25, -0.2) is 0 Å². The zero-order chi connectivity index (χ0) is 14.0. The lowest BCUT2D eigenvalue weighted by atomic mass is 9.90. The third kappa shape index (κ3) is 7.14. The molecule has 0 aromatic rings. The van der Waals surface area contributed by atoms with Crippen molar-refractivity contribution in [2.45, 2.75) is 52.6 Å². The van der Waals surface area contributed by atoms with Crippen molar-refractivity contribution < 1.29 is 15.3 Å². The van der Waals surface area contributed by atoms with Crippen molar-refractivity contribution >= 4 is 0 Å². The lowest BCUT2D eigenvalue weighted by Crippen LogP contribution is -2.28. The highest BCUT2D eigenvalue weighted by Gasteiger charge is 2.20. The summed E-state index contributed by atoms with van der Waals surface area (Å²) >= 11 is 0. The van der Waals surface area contributed by atoms with Crippen LogP contribution >= 0.6 is 0 Å². The van der Waals surface area contributed by atoms with Gasteiger partial charge in [-0.05, 0) is 31.1 Å². The first-order valence-corrected chi connectivity index (χ1v) is 7.13. The lowest BCUT2D eigenvalue weighted by molar-refractivity contribution is 0.0480. The Labute approximate surface area is 112 Å². The first kappa shape index (κ1) is 17.6. The summed E-state index contributed by atoms with van der Waals surface area (Å²) in [6.45, 7) is 6.44. The molecule has 0 saturated carbocycles. The summed E-state index contributed by atoms with van der Waals surface area (Å²) in [5, 5.41) is 28.1. The van der Waals surface area contributed by atoms with Crippen LogP contribution < -0.4 is 0 Å². The van der Waals surface area contributed by atoms with Gasteiger partial charge in [0.1, 0.15) is 0 Å². The molecule has 0 radical (unpaired) electrons. The fraction of sp³-hybridized carbons (Fsp3) is 0.867. The normalized spacial score (nSPS) is 18.8. The van der Waals surface area contributed by atoms with Crippen molar-refractivity contribution in [1.29, 1.82) is 0 Å². The predicted octanol–water partition coefficient (Wildman–Crippen LogP) is 2.36. The Bertz CT molecular complexity index is 216. The summed E-state index contributed by atoms with van der Waals surface area (Å²) in [7, 11) is 0. The highest BCUT2D eigenvalue weighted by atomic mass is 16.3.